The van der Waals surface area contributed by atoms with Gasteiger partial charge in [0, 0.05) is 16.9 Å². The van der Waals surface area contributed by atoms with Gasteiger partial charge < -0.3 is 5.32 Å². The van der Waals surface area contributed by atoms with Crippen LogP contribution in [0.5, 0.6) is 0 Å². The Bertz CT molecular complexity index is 536. The number of rotatable bonds is 7. The Morgan fingerprint density at radius 2 is 1.71 bits per heavy atom. The third kappa shape index (κ3) is 5.25. The molecule has 0 saturated heterocycles. The fourth-order valence-electron chi connectivity index (χ4n) is 2.40. The number of nitrogens with one attached hydrogen (secondary N) is 1. The maximum Gasteiger partial charge on any atom is 0.123 e. The van der Waals surface area contributed by atoms with Crippen molar-refractivity contribution in [1.82, 2.24) is 5.32 Å². The summed E-state index contributed by atoms with van der Waals surface area (Å²) in [6.07, 6.45) is 2.07. The first-order valence-electron chi connectivity index (χ1n) is 7.39. The van der Waals surface area contributed by atoms with E-state index in [2.05, 4.69) is 52.4 Å². The zero-order valence-corrected chi connectivity index (χ0v) is 13.9. The van der Waals surface area contributed by atoms with Gasteiger partial charge in [0.25, 0.3) is 0 Å². The lowest BCUT2D eigenvalue weighted by Crippen LogP contribution is -2.23. The summed E-state index contributed by atoms with van der Waals surface area (Å²) in [5, 5.41) is 3.48. The van der Waals surface area contributed by atoms with Gasteiger partial charge in [0.1, 0.15) is 5.82 Å². The molecule has 0 aliphatic rings. The molecular formula is C18H21BrFN. The van der Waals surface area contributed by atoms with Crippen LogP contribution in [0.3, 0.4) is 0 Å². The van der Waals surface area contributed by atoms with Gasteiger partial charge in [-0.15, -0.1) is 0 Å². The van der Waals surface area contributed by atoms with Gasteiger partial charge in [-0.3, -0.25) is 0 Å². The van der Waals surface area contributed by atoms with Crippen molar-refractivity contribution in [2.75, 3.05) is 13.1 Å². The molecule has 1 N–H and O–H groups in total. The molecule has 2 aromatic rings. The van der Waals surface area contributed by atoms with E-state index >= 15 is 0 Å². The van der Waals surface area contributed by atoms with Crippen molar-refractivity contribution in [1.29, 1.82) is 0 Å². The van der Waals surface area contributed by atoms with Crippen molar-refractivity contribution in [3.63, 3.8) is 0 Å². The van der Waals surface area contributed by atoms with Crippen LogP contribution in [0.1, 0.15) is 30.4 Å². The molecule has 0 aliphatic carbocycles. The topological polar surface area (TPSA) is 12.0 Å². The molecule has 0 amide bonds. The number of hydrogen-bond donors (Lipinski definition) is 1. The summed E-state index contributed by atoms with van der Waals surface area (Å²) < 4.78 is 14.2. The summed E-state index contributed by atoms with van der Waals surface area (Å²) in [6.45, 7) is 4.09. The monoisotopic (exact) mass is 349 g/mol. The lowest BCUT2D eigenvalue weighted by molar-refractivity contribution is 0.573. The first-order valence-corrected chi connectivity index (χ1v) is 8.19. The minimum atomic E-state index is -0.178. The zero-order valence-electron chi connectivity index (χ0n) is 12.3. The molecule has 0 saturated carbocycles. The summed E-state index contributed by atoms with van der Waals surface area (Å²) in [4.78, 5) is 0. The highest BCUT2D eigenvalue weighted by molar-refractivity contribution is 9.10. The lowest BCUT2D eigenvalue weighted by Gasteiger charge is -2.18. The van der Waals surface area contributed by atoms with E-state index in [9.17, 15) is 4.39 Å². The average molecular weight is 350 g/mol. The second kappa shape index (κ2) is 8.30. The van der Waals surface area contributed by atoms with E-state index in [4.69, 9.17) is 0 Å². The van der Waals surface area contributed by atoms with Crippen LogP contribution in [0.2, 0.25) is 0 Å². The van der Waals surface area contributed by atoms with Crippen molar-refractivity contribution in [3.8, 4) is 0 Å². The van der Waals surface area contributed by atoms with E-state index in [1.54, 1.807) is 12.1 Å². The third-order valence-corrected chi connectivity index (χ3v) is 4.08. The van der Waals surface area contributed by atoms with Crippen molar-refractivity contribution < 1.29 is 4.39 Å². The van der Waals surface area contributed by atoms with Crippen LogP contribution in [0, 0.1) is 5.82 Å². The molecule has 0 aromatic heterocycles. The predicted octanol–water partition coefficient (Wildman–Crippen LogP) is 4.91. The maximum atomic E-state index is 13.1. The second-order valence-corrected chi connectivity index (χ2v) is 6.20. The van der Waals surface area contributed by atoms with Crippen LogP contribution in [0.15, 0.2) is 53.0 Å². The molecule has 0 radical (unpaired) electrons. The van der Waals surface area contributed by atoms with Crippen molar-refractivity contribution in [2.45, 2.75) is 25.7 Å². The van der Waals surface area contributed by atoms with E-state index in [1.807, 2.05) is 12.1 Å². The van der Waals surface area contributed by atoms with Gasteiger partial charge in [-0.05, 0) is 54.8 Å². The quantitative estimate of drug-likeness (QED) is 0.700. The highest BCUT2D eigenvalue weighted by Crippen LogP contribution is 2.22. The Hall–Kier alpha value is -1.19. The minimum absolute atomic E-state index is 0.178. The van der Waals surface area contributed by atoms with Crippen molar-refractivity contribution in [2.24, 2.45) is 0 Å². The summed E-state index contributed by atoms with van der Waals surface area (Å²) in [5.74, 6) is 0.181. The fourth-order valence-corrected chi connectivity index (χ4v) is 2.67. The van der Waals surface area contributed by atoms with Crippen LogP contribution in [-0.2, 0) is 6.42 Å². The minimum Gasteiger partial charge on any atom is -0.316 e. The van der Waals surface area contributed by atoms with E-state index in [1.165, 1.54) is 11.1 Å². The van der Waals surface area contributed by atoms with E-state index in [-0.39, 0.29) is 5.82 Å². The maximum absolute atomic E-state index is 13.1. The van der Waals surface area contributed by atoms with Crippen LogP contribution in [-0.4, -0.2) is 13.1 Å². The summed E-state index contributed by atoms with van der Waals surface area (Å²) >= 11 is 3.46. The fraction of sp³-hybridized carbons (Fsp3) is 0.333. The number of benzene rings is 2. The smallest absolute Gasteiger partial charge is 0.123 e. The molecule has 2 rings (SSSR count). The number of hydrogen-bond acceptors (Lipinski definition) is 1. The molecule has 0 spiro atoms. The molecule has 21 heavy (non-hydrogen) atoms. The Morgan fingerprint density at radius 3 is 2.33 bits per heavy atom. The predicted molar refractivity (Wildman–Crippen MR) is 90.1 cm³/mol. The van der Waals surface area contributed by atoms with E-state index in [0.29, 0.717) is 5.92 Å². The van der Waals surface area contributed by atoms with Gasteiger partial charge in [-0.25, -0.2) is 4.39 Å². The summed E-state index contributed by atoms with van der Waals surface area (Å²) in [5.41, 5.74) is 2.48. The van der Waals surface area contributed by atoms with Gasteiger partial charge in [0.05, 0.1) is 0 Å². The molecule has 3 heteroatoms. The van der Waals surface area contributed by atoms with Gasteiger partial charge in [-0.1, -0.05) is 47.1 Å². The molecule has 1 nitrogen and oxygen atoms in total. The Labute approximate surface area is 134 Å². The molecule has 0 heterocycles. The summed E-state index contributed by atoms with van der Waals surface area (Å²) in [6, 6.07) is 15.3. The van der Waals surface area contributed by atoms with Crippen LogP contribution >= 0.6 is 15.9 Å². The molecule has 1 unspecified atom stereocenters. The van der Waals surface area contributed by atoms with Crippen molar-refractivity contribution >= 4 is 15.9 Å². The average Bonchev–Trinajstić information content (AvgIpc) is 2.49. The summed E-state index contributed by atoms with van der Waals surface area (Å²) in [7, 11) is 0. The Kier molecular flexibility index (Phi) is 6.40. The number of halogens is 2. The third-order valence-electron chi connectivity index (χ3n) is 3.55. The first kappa shape index (κ1) is 16.2. The molecule has 2 aromatic carbocycles. The standard InChI is InChI=1S/C18H21BrFN/c1-2-11-21-13-16(15-5-9-18(20)10-6-15)12-14-3-7-17(19)8-4-14/h3-10,16,21H,2,11-13H2,1H3. The SMILES string of the molecule is CCCNCC(Cc1ccc(Br)cc1)c1ccc(F)cc1. The Morgan fingerprint density at radius 1 is 1.05 bits per heavy atom. The van der Waals surface area contributed by atoms with Crippen molar-refractivity contribution in [3.05, 3.63) is 69.9 Å². The second-order valence-electron chi connectivity index (χ2n) is 5.28. The van der Waals surface area contributed by atoms with Gasteiger partial charge in [0.15, 0.2) is 0 Å². The lowest BCUT2D eigenvalue weighted by atomic mass is 9.92. The Balaban J connectivity index is 2.11. The molecule has 1 atom stereocenters. The highest BCUT2D eigenvalue weighted by atomic mass is 79.9. The van der Waals surface area contributed by atoms with Crippen LogP contribution < -0.4 is 5.32 Å². The molecular weight excluding hydrogens is 329 g/mol. The molecule has 0 bridgehead atoms. The van der Waals surface area contributed by atoms with E-state index < -0.39 is 0 Å². The van der Waals surface area contributed by atoms with Crippen LogP contribution in [0.4, 0.5) is 4.39 Å². The molecule has 0 fully saturated rings. The first-order chi connectivity index (χ1) is 10.2. The van der Waals surface area contributed by atoms with Crippen LogP contribution in [0.25, 0.3) is 0 Å². The van der Waals surface area contributed by atoms with Gasteiger partial charge in [0.2, 0.25) is 0 Å². The van der Waals surface area contributed by atoms with E-state index in [0.717, 1.165) is 30.4 Å². The normalized spacial score (nSPS) is 12.3. The molecule has 0 aliphatic heterocycles. The zero-order chi connectivity index (χ0) is 15.1. The van der Waals surface area contributed by atoms with Gasteiger partial charge >= 0.3 is 0 Å². The highest BCUT2D eigenvalue weighted by Gasteiger charge is 2.12. The van der Waals surface area contributed by atoms with Gasteiger partial charge in [-0.2, -0.15) is 0 Å². The largest absolute Gasteiger partial charge is 0.316 e. The molecule has 112 valence electrons.